The quantitative estimate of drug-likeness (QED) is 0.911. The molecule has 0 radical (unpaired) electrons. The van der Waals surface area contributed by atoms with Crippen molar-refractivity contribution in [2.75, 3.05) is 26.7 Å². The minimum atomic E-state index is -0.136. The predicted octanol–water partition coefficient (Wildman–Crippen LogP) is 2.01. The van der Waals surface area contributed by atoms with Crippen LogP contribution in [-0.2, 0) is 4.74 Å². The Labute approximate surface area is 141 Å². The third-order valence-corrected chi connectivity index (χ3v) is 4.46. The summed E-state index contributed by atoms with van der Waals surface area (Å²) < 4.78 is 7.37. The van der Waals surface area contributed by atoms with Crippen molar-refractivity contribution in [1.29, 1.82) is 0 Å². The fourth-order valence-electron chi connectivity index (χ4n) is 3.04. The molecule has 1 fully saturated rings. The normalized spacial score (nSPS) is 16.8. The van der Waals surface area contributed by atoms with Gasteiger partial charge in [0.15, 0.2) is 0 Å². The lowest BCUT2D eigenvalue weighted by atomic mass is 10.1. The molecule has 2 aromatic rings. The number of likely N-dealkylation sites (tertiary alicyclic amines) is 1. The van der Waals surface area contributed by atoms with Gasteiger partial charge in [-0.1, -0.05) is 30.3 Å². The van der Waals surface area contributed by atoms with Gasteiger partial charge in [-0.05, 0) is 18.4 Å². The zero-order valence-electron chi connectivity index (χ0n) is 13.8. The predicted molar refractivity (Wildman–Crippen MR) is 89.5 cm³/mol. The van der Waals surface area contributed by atoms with Crippen molar-refractivity contribution in [2.45, 2.75) is 25.0 Å². The van der Waals surface area contributed by atoms with Gasteiger partial charge >= 0.3 is 6.03 Å². The van der Waals surface area contributed by atoms with E-state index in [0.717, 1.165) is 31.5 Å². The Morgan fingerprint density at radius 2 is 2.08 bits per heavy atom. The van der Waals surface area contributed by atoms with Crippen molar-refractivity contribution in [3.63, 3.8) is 0 Å². The van der Waals surface area contributed by atoms with Crippen LogP contribution in [0.4, 0.5) is 4.79 Å². The molecule has 0 saturated carbocycles. The summed E-state index contributed by atoms with van der Waals surface area (Å²) in [4.78, 5) is 18.2. The molecule has 1 N–H and O–H groups in total. The Morgan fingerprint density at radius 3 is 2.71 bits per heavy atom. The summed E-state index contributed by atoms with van der Waals surface area (Å²) in [6.45, 7) is 1.90. The van der Waals surface area contributed by atoms with Gasteiger partial charge in [0.05, 0.1) is 12.1 Å². The molecular weight excluding hydrogens is 306 g/mol. The van der Waals surface area contributed by atoms with E-state index in [0.29, 0.717) is 12.6 Å². The first-order valence-corrected chi connectivity index (χ1v) is 8.22. The molecule has 24 heavy (non-hydrogen) atoms. The Kier molecular flexibility index (Phi) is 5.43. The Hall–Kier alpha value is -2.41. The van der Waals surface area contributed by atoms with Gasteiger partial charge in [0.25, 0.3) is 0 Å². The van der Waals surface area contributed by atoms with E-state index in [1.165, 1.54) is 0 Å². The zero-order chi connectivity index (χ0) is 16.8. The van der Waals surface area contributed by atoms with E-state index in [4.69, 9.17) is 4.74 Å². The van der Waals surface area contributed by atoms with E-state index in [1.54, 1.807) is 19.8 Å². The number of benzene rings is 1. The number of nitrogens with one attached hydrogen (secondary N) is 1. The number of methoxy groups -OCH3 is 1. The summed E-state index contributed by atoms with van der Waals surface area (Å²) in [6, 6.07) is 10.2. The molecule has 0 bridgehead atoms. The van der Waals surface area contributed by atoms with Crippen molar-refractivity contribution in [3.8, 4) is 0 Å². The maximum absolute atomic E-state index is 12.4. The summed E-state index contributed by atoms with van der Waals surface area (Å²) in [5.74, 6) is 0. The summed E-state index contributed by atoms with van der Waals surface area (Å²) in [7, 11) is 1.66. The second-order valence-corrected chi connectivity index (χ2v) is 5.91. The second kappa shape index (κ2) is 7.92. The molecule has 128 valence electrons. The first-order valence-electron chi connectivity index (χ1n) is 8.22. The van der Waals surface area contributed by atoms with Gasteiger partial charge in [-0.3, -0.25) is 0 Å². The van der Waals surface area contributed by atoms with E-state index in [9.17, 15) is 4.79 Å². The highest BCUT2D eigenvalue weighted by atomic mass is 16.5. The largest absolute Gasteiger partial charge is 0.375 e. The third-order valence-electron chi connectivity index (χ3n) is 4.46. The molecule has 1 saturated heterocycles. The Balaban J connectivity index is 1.47. The lowest BCUT2D eigenvalue weighted by Crippen LogP contribution is -2.45. The lowest BCUT2D eigenvalue weighted by molar-refractivity contribution is 0.0998. The first-order chi connectivity index (χ1) is 11.8. The average Bonchev–Trinajstić information content (AvgIpc) is 3.18. The number of carbonyl (C=O) groups is 1. The van der Waals surface area contributed by atoms with Crippen LogP contribution in [0.5, 0.6) is 0 Å². The minimum absolute atomic E-state index is 0.0370. The highest BCUT2D eigenvalue weighted by molar-refractivity contribution is 5.74. The number of carbonyl (C=O) groups excluding carboxylic acids is 1. The van der Waals surface area contributed by atoms with Crippen molar-refractivity contribution in [1.82, 2.24) is 25.0 Å². The molecular formula is C17H23N5O2. The SMILES string of the molecule is CO[C@H](CNC(=O)N1CCC(n2cncn2)CC1)c1ccccc1. The second-order valence-electron chi connectivity index (χ2n) is 5.91. The summed E-state index contributed by atoms with van der Waals surface area (Å²) in [5.41, 5.74) is 1.06. The van der Waals surface area contributed by atoms with Gasteiger partial charge in [-0.2, -0.15) is 5.10 Å². The maximum atomic E-state index is 12.4. The van der Waals surface area contributed by atoms with E-state index in [1.807, 2.05) is 39.9 Å². The fourth-order valence-corrected chi connectivity index (χ4v) is 3.04. The minimum Gasteiger partial charge on any atom is -0.375 e. The van der Waals surface area contributed by atoms with Crippen LogP contribution in [0.25, 0.3) is 0 Å². The van der Waals surface area contributed by atoms with E-state index >= 15 is 0 Å². The van der Waals surface area contributed by atoms with Crippen LogP contribution < -0.4 is 5.32 Å². The topological polar surface area (TPSA) is 72.3 Å². The molecule has 7 heteroatoms. The summed E-state index contributed by atoms with van der Waals surface area (Å²) in [6.07, 6.45) is 4.94. The van der Waals surface area contributed by atoms with Crippen LogP contribution in [-0.4, -0.2) is 52.4 Å². The number of hydrogen-bond acceptors (Lipinski definition) is 4. The van der Waals surface area contributed by atoms with Gasteiger partial charge < -0.3 is 15.0 Å². The Bertz CT molecular complexity index is 624. The van der Waals surface area contributed by atoms with Crippen LogP contribution in [0.2, 0.25) is 0 Å². The molecule has 1 aromatic heterocycles. The molecule has 0 aliphatic carbocycles. The maximum Gasteiger partial charge on any atom is 0.317 e. The summed E-state index contributed by atoms with van der Waals surface area (Å²) >= 11 is 0. The molecule has 1 aliphatic rings. The highest BCUT2D eigenvalue weighted by Gasteiger charge is 2.24. The molecule has 3 rings (SSSR count). The molecule has 2 heterocycles. The van der Waals surface area contributed by atoms with Crippen molar-refractivity contribution in [2.24, 2.45) is 0 Å². The number of amides is 2. The van der Waals surface area contributed by atoms with E-state index in [2.05, 4.69) is 15.4 Å². The molecule has 1 aromatic carbocycles. The molecule has 0 unspecified atom stereocenters. The molecule has 1 aliphatic heterocycles. The van der Waals surface area contributed by atoms with Gasteiger partial charge in [0.2, 0.25) is 0 Å². The van der Waals surface area contributed by atoms with Gasteiger partial charge in [-0.15, -0.1) is 0 Å². The van der Waals surface area contributed by atoms with Crippen molar-refractivity contribution >= 4 is 6.03 Å². The number of hydrogen-bond donors (Lipinski definition) is 1. The standard InChI is InChI=1S/C17H23N5O2/c1-24-16(14-5-3-2-4-6-14)11-19-17(23)21-9-7-15(8-10-21)22-13-18-12-20-22/h2-6,12-13,15-16H,7-11H2,1H3,(H,19,23)/t16-/m1/s1. The third kappa shape index (κ3) is 3.91. The van der Waals surface area contributed by atoms with Crippen LogP contribution in [0.15, 0.2) is 43.0 Å². The molecule has 7 nitrogen and oxygen atoms in total. The number of urea groups is 1. The number of piperidine rings is 1. The molecule has 1 atom stereocenters. The Morgan fingerprint density at radius 1 is 1.33 bits per heavy atom. The zero-order valence-corrected chi connectivity index (χ0v) is 13.8. The molecule has 2 amide bonds. The number of nitrogens with zero attached hydrogens (tertiary/aromatic N) is 4. The lowest BCUT2D eigenvalue weighted by Gasteiger charge is -2.32. The average molecular weight is 329 g/mol. The van der Waals surface area contributed by atoms with Gasteiger partial charge in [-0.25, -0.2) is 14.5 Å². The van der Waals surface area contributed by atoms with Crippen molar-refractivity contribution in [3.05, 3.63) is 48.5 Å². The highest BCUT2D eigenvalue weighted by Crippen LogP contribution is 2.21. The van der Waals surface area contributed by atoms with Gasteiger partial charge in [0, 0.05) is 26.7 Å². The van der Waals surface area contributed by atoms with Crippen LogP contribution >= 0.6 is 0 Å². The molecule has 0 spiro atoms. The fraction of sp³-hybridized carbons (Fsp3) is 0.471. The van der Waals surface area contributed by atoms with Crippen molar-refractivity contribution < 1.29 is 9.53 Å². The number of rotatable bonds is 5. The number of ether oxygens (including phenoxy) is 1. The van der Waals surface area contributed by atoms with E-state index in [-0.39, 0.29) is 12.1 Å². The van der Waals surface area contributed by atoms with Crippen LogP contribution in [0.1, 0.15) is 30.6 Å². The monoisotopic (exact) mass is 329 g/mol. The van der Waals surface area contributed by atoms with Gasteiger partial charge in [0.1, 0.15) is 12.7 Å². The smallest absolute Gasteiger partial charge is 0.317 e. The van der Waals surface area contributed by atoms with E-state index < -0.39 is 0 Å². The first kappa shape index (κ1) is 16.4. The number of aromatic nitrogens is 3. The summed E-state index contributed by atoms with van der Waals surface area (Å²) in [5, 5.41) is 7.16. The van der Waals surface area contributed by atoms with Crippen LogP contribution in [0.3, 0.4) is 0 Å². The van der Waals surface area contributed by atoms with Crippen LogP contribution in [0, 0.1) is 0 Å².